The molecule has 2 aromatic rings. The van der Waals surface area contributed by atoms with Crippen molar-refractivity contribution in [2.45, 2.75) is 20.4 Å². The highest BCUT2D eigenvalue weighted by Crippen LogP contribution is 2.18. The molecule has 1 aromatic heterocycles. The first kappa shape index (κ1) is 17.2. The number of carbonyl (C=O) groups excluding carboxylic acids is 2. The Bertz CT molecular complexity index is 772. The van der Waals surface area contributed by atoms with Crippen LogP contribution in [0.5, 0.6) is 0 Å². The zero-order valence-electron chi connectivity index (χ0n) is 14.6. The number of piperazine rings is 1. The van der Waals surface area contributed by atoms with Crippen LogP contribution in [0, 0.1) is 13.8 Å². The van der Waals surface area contributed by atoms with E-state index in [2.05, 4.69) is 0 Å². The zero-order valence-corrected chi connectivity index (χ0v) is 14.6. The van der Waals surface area contributed by atoms with Gasteiger partial charge in [-0.25, -0.2) is 0 Å². The van der Waals surface area contributed by atoms with Crippen molar-refractivity contribution >= 4 is 11.8 Å². The molecule has 2 N–H and O–H groups in total. The molecule has 1 aromatic carbocycles. The first-order valence-corrected chi connectivity index (χ1v) is 8.44. The molecule has 0 atom stereocenters. The van der Waals surface area contributed by atoms with E-state index in [4.69, 9.17) is 10.2 Å². The summed E-state index contributed by atoms with van der Waals surface area (Å²) in [5, 5.41) is 0. The Labute approximate surface area is 147 Å². The van der Waals surface area contributed by atoms with E-state index in [1.807, 2.05) is 19.1 Å². The summed E-state index contributed by atoms with van der Waals surface area (Å²) in [5.41, 5.74) is 7.84. The van der Waals surface area contributed by atoms with Crippen LogP contribution in [0.3, 0.4) is 0 Å². The fraction of sp³-hybridized carbons (Fsp3) is 0.368. The van der Waals surface area contributed by atoms with Gasteiger partial charge in [0, 0.05) is 38.3 Å². The second-order valence-corrected chi connectivity index (χ2v) is 6.31. The van der Waals surface area contributed by atoms with E-state index in [1.54, 1.807) is 34.9 Å². The van der Waals surface area contributed by atoms with Gasteiger partial charge in [0.2, 0.25) is 0 Å². The number of amides is 2. The number of hydrogen-bond donors (Lipinski definition) is 1. The van der Waals surface area contributed by atoms with Gasteiger partial charge >= 0.3 is 0 Å². The second-order valence-electron chi connectivity index (χ2n) is 6.31. The van der Waals surface area contributed by atoms with E-state index in [1.165, 1.54) is 0 Å². The molecule has 25 heavy (non-hydrogen) atoms. The zero-order chi connectivity index (χ0) is 18.0. The lowest BCUT2D eigenvalue weighted by molar-refractivity contribution is 0.0534. The summed E-state index contributed by atoms with van der Waals surface area (Å²) >= 11 is 0. The third-order valence-corrected chi connectivity index (χ3v) is 4.56. The van der Waals surface area contributed by atoms with Gasteiger partial charge in [0.15, 0.2) is 0 Å². The molecule has 6 heteroatoms. The third-order valence-electron chi connectivity index (χ3n) is 4.56. The van der Waals surface area contributed by atoms with Crippen molar-refractivity contribution in [1.82, 2.24) is 9.80 Å². The summed E-state index contributed by atoms with van der Waals surface area (Å²) in [7, 11) is 0. The van der Waals surface area contributed by atoms with Gasteiger partial charge < -0.3 is 20.0 Å². The Hall–Kier alpha value is -2.60. The fourth-order valence-corrected chi connectivity index (χ4v) is 3.09. The minimum Gasteiger partial charge on any atom is -0.466 e. The lowest BCUT2D eigenvalue weighted by Crippen LogP contribution is -2.50. The smallest absolute Gasteiger partial charge is 0.257 e. The summed E-state index contributed by atoms with van der Waals surface area (Å²) in [6.07, 6.45) is 0. The van der Waals surface area contributed by atoms with Crippen molar-refractivity contribution in [1.29, 1.82) is 0 Å². The first-order chi connectivity index (χ1) is 12.0. The van der Waals surface area contributed by atoms with Gasteiger partial charge in [-0.3, -0.25) is 9.59 Å². The molecule has 0 aliphatic carbocycles. The molecule has 2 heterocycles. The Morgan fingerprint density at radius 2 is 1.56 bits per heavy atom. The van der Waals surface area contributed by atoms with E-state index in [9.17, 15) is 9.59 Å². The van der Waals surface area contributed by atoms with E-state index in [0.717, 1.165) is 11.3 Å². The molecular weight excluding hydrogens is 318 g/mol. The molecular formula is C19H23N3O3. The number of nitrogens with zero attached hydrogens (tertiary/aromatic N) is 2. The monoisotopic (exact) mass is 341 g/mol. The van der Waals surface area contributed by atoms with Crippen LogP contribution in [0.1, 0.15) is 37.8 Å². The molecule has 132 valence electrons. The number of nitrogens with two attached hydrogens (primary N) is 1. The van der Waals surface area contributed by atoms with E-state index >= 15 is 0 Å². The molecule has 2 amide bonds. The summed E-state index contributed by atoms with van der Waals surface area (Å²) in [6.45, 7) is 6.19. The molecule has 0 bridgehead atoms. The molecule has 3 rings (SSSR count). The standard InChI is InChI=1S/C19H23N3O3/c1-13-11-17(14(2)25-13)19(24)22-9-7-21(8-10-22)18(23)16-5-3-15(12-20)4-6-16/h3-6,11H,7-10,12,20H2,1-2H3. The lowest BCUT2D eigenvalue weighted by atomic mass is 10.1. The number of furan rings is 1. The molecule has 1 aliphatic rings. The molecule has 0 unspecified atom stereocenters. The normalized spacial score (nSPS) is 14.7. The molecule has 6 nitrogen and oxygen atoms in total. The highest BCUT2D eigenvalue weighted by atomic mass is 16.3. The van der Waals surface area contributed by atoms with Crippen LogP contribution in [0.15, 0.2) is 34.7 Å². The van der Waals surface area contributed by atoms with Crippen molar-refractivity contribution in [2.75, 3.05) is 26.2 Å². The third kappa shape index (κ3) is 3.58. The first-order valence-electron chi connectivity index (χ1n) is 8.44. The highest BCUT2D eigenvalue weighted by Gasteiger charge is 2.27. The number of benzene rings is 1. The summed E-state index contributed by atoms with van der Waals surface area (Å²) < 4.78 is 5.44. The van der Waals surface area contributed by atoms with Gasteiger partial charge in [0.25, 0.3) is 11.8 Å². The molecule has 1 fully saturated rings. The van der Waals surface area contributed by atoms with Crippen molar-refractivity contribution in [3.8, 4) is 0 Å². The van der Waals surface area contributed by atoms with Crippen LogP contribution < -0.4 is 5.73 Å². The topological polar surface area (TPSA) is 79.8 Å². The van der Waals surface area contributed by atoms with Crippen molar-refractivity contribution in [3.05, 3.63) is 58.5 Å². The van der Waals surface area contributed by atoms with Gasteiger partial charge in [-0.15, -0.1) is 0 Å². The lowest BCUT2D eigenvalue weighted by Gasteiger charge is -2.34. The average Bonchev–Trinajstić information content (AvgIpc) is 2.99. The fourth-order valence-electron chi connectivity index (χ4n) is 3.09. The van der Waals surface area contributed by atoms with Gasteiger partial charge in [0.1, 0.15) is 11.5 Å². The van der Waals surface area contributed by atoms with E-state index < -0.39 is 0 Å². The SMILES string of the molecule is Cc1cc(C(=O)N2CCN(C(=O)c3ccc(CN)cc3)CC2)c(C)o1. The Morgan fingerprint density at radius 1 is 1.00 bits per heavy atom. The van der Waals surface area contributed by atoms with Crippen LogP contribution in [-0.4, -0.2) is 47.8 Å². The van der Waals surface area contributed by atoms with Gasteiger partial charge in [-0.05, 0) is 37.6 Å². The summed E-state index contributed by atoms with van der Waals surface area (Å²) in [6, 6.07) is 9.13. The molecule has 1 aliphatic heterocycles. The maximum atomic E-state index is 12.6. The largest absolute Gasteiger partial charge is 0.466 e. The Balaban J connectivity index is 1.62. The van der Waals surface area contributed by atoms with Crippen LogP contribution in [0.4, 0.5) is 0 Å². The molecule has 0 saturated carbocycles. The second kappa shape index (κ2) is 7.11. The van der Waals surface area contributed by atoms with Crippen LogP contribution in [0.2, 0.25) is 0 Å². The predicted molar refractivity (Wildman–Crippen MR) is 94.3 cm³/mol. The van der Waals surface area contributed by atoms with Crippen molar-refractivity contribution < 1.29 is 14.0 Å². The quantitative estimate of drug-likeness (QED) is 0.925. The number of aryl methyl sites for hydroxylation is 2. The number of carbonyl (C=O) groups is 2. The Kier molecular flexibility index (Phi) is 4.90. The minimum atomic E-state index is -0.0336. The Morgan fingerprint density at radius 3 is 2.04 bits per heavy atom. The predicted octanol–water partition coefficient (Wildman–Crippen LogP) is 1.95. The van der Waals surface area contributed by atoms with Crippen LogP contribution in [-0.2, 0) is 6.54 Å². The van der Waals surface area contributed by atoms with Gasteiger partial charge in [0.05, 0.1) is 5.56 Å². The molecule has 1 saturated heterocycles. The van der Waals surface area contributed by atoms with Crippen molar-refractivity contribution in [3.63, 3.8) is 0 Å². The van der Waals surface area contributed by atoms with Gasteiger partial charge in [-0.1, -0.05) is 12.1 Å². The minimum absolute atomic E-state index is 0.00833. The van der Waals surface area contributed by atoms with Crippen molar-refractivity contribution in [2.24, 2.45) is 5.73 Å². The number of rotatable bonds is 3. The maximum absolute atomic E-state index is 12.6. The van der Waals surface area contributed by atoms with Crippen LogP contribution in [0.25, 0.3) is 0 Å². The maximum Gasteiger partial charge on any atom is 0.257 e. The molecule has 0 spiro atoms. The van der Waals surface area contributed by atoms with E-state index in [-0.39, 0.29) is 11.8 Å². The average molecular weight is 341 g/mol. The number of hydrogen-bond acceptors (Lipinski definition) is 4. The van der Waals surface area contributed by atoms with Crippen LogP contribution >= 0.6 is 0 Å². The highest BCUT2D eigenvalue weighted by molar-refractivity contribution is 5.96. The summed E-state index contributed by atoms with van der Waals surface area (Å²) in [4.78, 5) is 28.7. The molecule has 0 radical (unpaired) electrons. The van der Waals surface area contributed by atoms with E-state index in [0.29, 0.717) is 49.6 Å². The summed E-state index contributed by atoms with van der Waals surface area (Å²) in [5.74, 6) is 1.33. The van der Waals surface area contributed by atoms with Gasteiger partial charge in [-0.2, -0.15) is 0 Å².